The van der Waals surface area contributed by atoms with Gasteiger partial charge in [-0.15, -0.1) is 0 Å². The van der Waals surface area contributed by atoms with Crippen molar-refractivity contribution < 1.29 is 9.53 Å². The zero-order valence-corrected chi connectivity index (χ0v) is 24.1. The highest BCUT2D eigenvalue weighted by Gasteiger charge is 2.51. The van der Waals surface area contributed by atoms with Crippen LogP contribution in [0.15, 0.2) is 60.7 Å². The Labute approximate surface area is 217 Å². The predicted octanol–water partition coefficient (Wildman–Crippen LogP) is 8.02. The Kier molecular flexibility index (Phi) is 13.9. The Morgan fingerprint density at radius 1 is 0.657 bits per heavy atom. The number of rotatable bonds is 18. The van der Waals surface area contributed by atoms with Gasteiger partial charge in [0.1, 0.15) is 0 Å². The van der Waals surface area contributed by atoms with Gasteiger partial charge < -0.3 is 9.53 Å². The first-order valence-electron chi connectivity index (χ1n) is 14.4. The van der Waals surface area contributed by atoms with Gasteiger partial charge in [-0.2, -0.15) is 0 Å². The lowest BCUT2D eigenvalue weighted by Gasteiger charge is -2.45. The van der Waals surface area contributed by atoms with Crippen LogP contribution in [-0.2, 0) is 4.43 Å². The van der Waals surface area contributed by atoms with Crippen molar-refractivity contribution in [3.8, 4) is 0 Å². The summed E-state index contributed by atoms with van der Waals surface area (Å²) in [5.74, 6) is 0. The van der Waals surface area contributed by atoms with Crippen LogP contribution in [-0.4, -0.2) is 26.1 Å². The second-order valence-electron chi connectivity index (χ2n) is 11.2. The molecule has 196 valence electrons. The third kappa shape index (κ3) is 9.52. The molecule has 0 radical (unpaired) electrons. The molecular weight excluding hydrogens is 444 g/mol. The van der Waals surface area contributed by atoms with E-state index in [4.69, 9.17) is 4.43 Å². The van der Waals surface area contributed by atoms with Gasteiger partial charge in [-0.25, -0.2) is 0 Å². The first kappa shape index (κ1) is 29.8. The smallest absolute Gasteiger partial charge is 0.261 e. The molecule has 1 N–H and O–H groups in total. The van der Waals surface area contributed by atoms with E-state index in [1.807, 2.05) is 0 Å². The fourth-order valence-corrected chi connectivity index (χ4v) is 10.1. The Bertz CT molecular complexity index is 730. The summed E-state index contributed by atoms with van der Waals surface area (Å²) < 4.78 is 7.39. The molecule has 0 heterocycles. The summed E-state index contributed by atoms with van der Waals surface area (Å²) in [6.07, 6.45) is 16.5. The third-order valence-corrected chi connectivity index (χ3v) is 12.4. The van der Waals surface area contributed by atoms with Crippen molar-refractivity contribution in [2.24, 2.45) is 0 Å². The van der Waals surface area contributed by atoms with Crippen molar-refractivity contribution in [3.05, 3.63) is 60.7 Å². The van der Waals surface area contributed by atoms with Crippen molar-refractivity contribution >= 4 is 18.7 Å². The maximum atomic E-state index is 9.61. The summed E-state index contributed by atoms with van der Waals surface area (Å²) in [6, 6.07) is 21.9. The number of benzene rings is 2. The van der Waals surface area contributed by atoms with Crippen LogP contribution in [0.5, 0.6) is 0 Å². The van der Waals surface area contributed by atoms with Crippen molar-refractivity contribution in [1.29, 1.82) is 0 Å². The van der Waals surface area contributed by atoms with Gasteiger partial charge in [0, 0.05) is 12.7 Å². The molecule has 0 bridgehead atoms. The van der Waals surface area contributed by atoms with E-state index in [0.717, 1.165) is 19.3 Å². The molecule has 0 aliphatic carbocycles. The van der Waals surface area contributed by atoms with Crippen LogP contribution in [0.2, 0.25) is 5.04 Å². The average Bonchev–Trinajstić information content (AvgIpc) is 2.86. The fraction of sp³-hybridized carbons (Fsp3) is 0.625. The van der Waals surface area contributed by atoms with Gasteiger partial charge in [0.15, 0.2) is 0 Å². The van der Waals surface area contributed by atoms with E-state index in [0.29, 0.717) is 0 Å². The minimum Gasteiger partial charge on any atom is -0.404 e. The number of unbranched alkanes of at least 4 members (excludes halogenated alkanes) is 9. The predicted molar refractivity (Wildman–Crippen MR) is 155 cm³/mol. The van der Waals surface area contributed by atoms with Gasteiger partial charge in [0.25, 0.3) is 8.32 Å². The van der Waals surface area contributed by atoms with E-state index >= 15 is 0 Å². The lowest BCUT2D eigenvalue weighted by molar-refractivity contribution is 0.149. The van der Waals surface area contributed by atoms with Gasteiger partial charge in [0.2, 0.25) is 0 Å². The average molecular weight is 497 g/mol. The van der Waals surface area contributed by atoms with Crippen LogP contribution in [0.25, 0.3) is 0 Å². The lowest BCUT2D eigenvalue weighted by Crippen LogP contribution is -2.67. The third-order valence-electron chi connectivity index (χ3n) is 7.32. The van der Waals surface area contributed by atoms with E-state index in [1.54, 1.807) is 0 Å². The second kappa shape index (κ2) is 16.3. The van der Waals surface area contributed by atoms with E-state index in [1.165, 1.54) is 74.6 Å². The minimum atomic E-state index is -2.54. The highest BCUT2D eigenvalue weighted by molar-refractivity contribution is 6.99. The van der Waals surface area contributed by atoms with Crippen molar-refractivity contribution in [3.63, 3.8) is 0 Å². The van der Waals surface area contributed by atoms with Crippen molar-refractivity contribution in [1.82, 2.24) is 0 Å². The van der Waals surface area contributed by atoms with Crippen LogP contribution in [0.4, 0.5) is 0 Å². The Morgan fingerprint density at radius 3 is 1.51 bits per heavy atom. The SMILES string of the molecule is CCCCCCCCCCCC[C@@H](CCCO)O[Si](c1ccccc1)(c1ccccc1)C(C)(C)C. The minimum absolute atomic E-state index is 0.00898. The summed E-state index contributed by atoms with van der Waals surface area (Å²) in [7, 11) is -2.54. The highest BCUT2D eigenvalue weighted by atomic mass is 28.4. The second-order valence-corrected chi connectivity index (χ2v) is 15.5. The molecular formula is C32H52O2Si. The molecule has 0 fully saturated rings. The normalized spacial score (nSPS) is 13.2. The Hall–Kier alpha value is -1.42. The summed E-state index contributed by atoms with van der Waals surface area (Å²) in [4.78, 5) is 0. The maximum absolute atomic E-state index is 9.61. The molecule has 0 unspecified atom stereocenters. The molecule has 0 aromatic heterocycles. The summed E-state index contributed by atoms with van der Waals surface area (Å²) in [5.41, 5.74) is 0. The van der Waals surface area contributed by atoms with Crippen LogP contribution in [0.3, 0.4) is 0 Å². The van der Waals surface area contributed by atoms with Gasteiger partial charge in [0.05, 0.1) is 0 Å². The molecule has 2 aromatic carbocycles. The quantitative estimate of drug-likeness (QED) is 0.167. The zero-order chi connectivity index (χ0) is 25.4. The fourth-order valence-electron chi connectivity index (χ4n) is 5.38. The molecule has 2 rings (SSSR count). The van der Waals surface area contributed by atoms with Gasteiger partial charge in [-0.1, -0.05) is 153 Å². The molecule has 2 nitrogen and oxygen atoms in total. The topological polar surface area (TPSA) is 29.5 Å². The van der Waals surface area contributed by atoms with E-state index in [-0.39, 0.29) is 17.7 Å². The Balaban J connectivity index is 2.09. The van der Waals surface area contributed by atoms with E-state index in [2.05, 4.69) is 88.4 Å². The maximum Gasteiger partial charge on any atom is 0.261 e. The summed E-state index contributed by atoms with van der Waals surface area (Å²) >= 11 is 0. The number of hydrogen-bond acceptors (Lipinski definition) is 2. The molecule has 0 spiro atoms. The van der Waals surface area contributed by atoms with Crippen LogP contribution >= 0.6 is 0 Å². The van der Waals surface area contributed by atoms with Crippen LogP contribution < -0.4 is 10.4 Å². The van der Waals surface area contributed by atoms with Crippen molar-refractivity contribution in [2.75, 3.05) is 6.61 Å². The van der Waals surface area contributed by atoms with Gasteiger partial charge in [-0.3, -0.25) is 0 Å². The van der Waals surface area contributed by atoms with Gasteiger partial charge >= 0.3 is 0 Å². The molecule has 0 saturated carbocycles. The number of aliphatic hydroxyl groups is 1. The molecule has 35 heavy (non-hydrogen) atoms. The largest absolute Gasteiger partial charge is 0.404 e. The molecule has 1 atom stereocenters. The van der Waals surface area contributed by atoms with Crippen LogP contribution in [0, 0.1) is 0 Å². The van der Waals surface area contributed by atoms with Gasteiger partial charge in [-0.05, 0) is 34.7 Å². The Morgan fingerprint density at radius 2 is 1.09 bits per heavy atom. The molecule has 3 heteroatoms. The highest BCUT2D eigenvalue weighted by Crippen LogP contribution is 2.38. The number of aliphatic hydroxyl groups excluding tert-OH is 1. The van der Waals surface area contributed by atoms with E-state index < -0.39 is 8.32 Å². The number of hydrogen-bond donors (Lipinski definition) is 1. The zero-order valence-electron chi connectivity index (χ0n) is 23.1. The molecule has 0 aliphatic rings. The van der Waals surface area contributed by atoms with Crippen molar-refractivity contribution in [2.45, 2.75) is 122 Å². The monoisotopic (exact) mass is 496 g/mol. The molecule has 0 saturated heterocycles. The molecule has 0 aliphatic heterocycles. The van der Waals surface area contributed by atoms with Crippen LogP contribution in [0.1, 0.15) is 111 Å². The lowest BCUT2D eigenvalue weighted by atomic mass is 10.0. The molecule has 0 amide bonds. The standard InChI is InChI=1S/C32H52O2Si/c1-5-6-7-8-9-10-11-12-13-16-22-29(23-21-28-33)34-35(32(2,3)4,30-24-17-14-18-25-30)31-26-19-15-20-27-31/h14-15,17-20,24-27,29,33H,5-13,16,21-23,28H2,1-4H3/t29-/m0/s1. The molecule has 2 aromatic rings. The first-order chi connectivity index (χ1) is 17.0. The summed E-state index contributed by atoms with van der Waals surface area (Å²) in [5, 5.41) is 12.3. The first-order valence-corrected chi connectivity index (χ1v) is 16.3. The summed E-state index contributed by atoms with van der Waals surface area (Å²) in [6.45, 7) is 9.57. The van der Waals surface area contributed by atoms with E-state index in [9.17, 15) is 5.11 Å².